The molecule has 6 nitrogen and oxygen atoms in total. The van der Waals surface area contributed by atoms with Crippen molar-refractivity contribution in [3.05, 3.63) is 58.3 Å². The maximum Gasteiger partial charge on any atom is 0.243 e. The lowest BCUT2D eigenvalue weighted by atomic mass is 10.2. The molecule has 2 aromatic rings. The molecule has 0 aliphatic carbocycles. The van der Waals surface area contributed by atoms with E-state index >= 15 is 0 Å². The molecule has 1 atom stereocenters. The van der Waals surface area contributed by atoms with Gasteiger partial charge in [-0.3, -0.25) is 9.69 Å². The van der Waals surface area contributed by atoms with E-state index in [1.54, 1.807) is 25.1 Å². The van der Waals surface area contributed by atoms with Crippen LogP contribution in [-0.4, -0.2) is 55.8 Å². The molecule has 162 valence electrons. The summed E-state index contributed by atoms with van der Waals surface area (Å²) < 4.78 is 40.2. The molecule has 0 saturated carbocycles. The van der Waals surface area contributed by atoms with Gasteiger partial charge in [0.25, 0.3) is 0 Å². The minimum Gasteiger partial charge on any atom is -0.323 e. The number of hydrogen-bond donors (Lipinski definition) is 1. The van der Waals surface area contributed by atoms with Gasteiger partial charge in [-0.1, -0.05) is 23.2 Å². The molecule has 1 N–H and O–H groups in total. The summed E-state index contributed by atoms with van der Waals surface area (Å²) in [6.07, 6.45) is 0.569. The van der Waals surface area contributed by atoms with Gasteiger partial charge in [-0.25, -0.2) is 12.8 Å². The number of amides is 1. The number of carbonyl (C=O) groups excluding carboxylic acids is 1. The third-order valence-corrected chi connectivity index (χ3v) is 7.52. The zero-order chi connectivity index (χ0) is 21.9. The van der Waals surface area contributed by atoms with Crippen molar-refractivity contribution >= 4 is 44.8 Å². The van der Waals surface area contributed by atoms with Crippen molar-refractivity contribution in [2.24, 2.45) is 0 Å². The molecule has 1 unspecified atom stereocenters. The van der Waals surface area contributed by atoms with Crippen LogP contribution in [0.4, 0.5) is 10.1 Å². The van der Waals surface area contributed by atoms with Crippen LogP contribution in [0.2, 0.25) is 10.0 Å². The standard InChI is InChI=1S/C20H22Cl2FN3O3S/c1-14(20(27)24-19-8-3-15(21)13-18(19)22)25-9-2-10-26(12-11-25)30(28,29)17-6-4-16(23)5-7-17/h3-8,13-14H,2,9-12H2,1H3,(H,24,27). The van der Waals surface area contributed by atoms with Gasteiger partial charge in [0.2, 0.25) is 15.9 Å². The molecule has 1 aliphatic heterocycles. The molecule has 0 bridgehead atoms. The van der Waals surface area contributed by atoms with E-state index < -0.39 is 21.9 Å². The van der Waals surface area contributed by atoms with Crippen LogP contribution in [0.25, 0.3) is 0 Å². The molecule has 0 radical (unpaired) electrons. The van der Waals surface area contributed by atoms with E-state index in [9.17, 15) is 17.6 Å². The van der Waals surface area contributed by atoms with Gasteiger partial charge in [0.05, 0.1) is 21.6 Å². The van der Waals surface area contributed by atoms with Crippen LogP contribution < -0.4 is 5.32 Å². The highest BCUT2D eigenvalue weighted by atomic mass is 35.5. The average molecular weight is 474 g/mol. The lowest BCUT2D eigenvalue weighted by molar-refractivity contribution is -0.120. The van der Waals surface area contributed by atoms with Gasteiger partial charge in [-0.05, 0) is 55.8 Å². The Kier molecular flexibility index (Phi) is 7.36. The van der Waals surface area contributed by atoms with Crippen molar-refractivity contribution in [3.8, 4) is 0 Å². The number of sulfonamides is 1. The predicted molar refractivity (Wildman–Crippen MR) is 116 cm³/mol. The second-order valence-corrected chi connectivity index (χ2v) is 9.82. The number of rotatable bonds is 5. The number of hydrogen-bond acceptors (Lipinski definition) is 4. The molecule has 1 aliphatic rings. The number of nitrogens with zero attached hydrogens (tertiary/aromatic N) is 2. The Hall–Kier alpha value is -1.71. The van der Waals surface area contributed by atoms with Crippen LogP contribution in [0.5, 0.6) is 0 Å². The summed E-state index contributed by atoms with van der Waals surface area (Å²) in [5.74, 6) is -0.731. The van der Waals surface area contributed by atoms with Crippen molar-refractivity contribution in [3.63, 3.8) is 0 Å². The fourth-order valence-electron chi connectivity index (χ4n) is 3.29. The van der Waals surface area contributed by atoms with Crippen LogP contribution in [0.15, 0.2) is 47.4 Å². The quantitative estimate of drug-likeness (QED) is 0.715. The number of anilines is 1. The van der Waals surface area contributed by atoms with Crippen molar-refractivity contribution in [1.82, 2.24) is 9.21 Å². The molecule has 0 aromatic heterocycles. The van der Waals surface area contributed by atoms with Gasteiger partial charge in [-0.2, -0.15) is 4.31 Å². The molecule has 30 heavy (non-hydrogen) atoms. The first-order chi connectivity index (χ1) is 14.2. The minimum absolute atomic E-state index is 0.0560. The zero-order valence-corrected chi connectivity index (χ0v) is 18.6. The van der Waals surface area contributed by atoms with E-state index in [1.165, 1.54) is 16.4 Å². The topological polar surface area (TPSA) is 69.7 Å². The highest BCUT2D eigenvalue weighted by Crippen LogP contribution is 2.26. The van der Waals surface area contributed by atoms with E-state index in [2.05, 4.69) is 5.32 Å². The number of carbonyl (C=O) groups is 1. The summed E-state index contributed by atoms with van der Waals surface area (Å²) in [6, 6.07) is 9.13. The molecular formula is C20H22Cl2FN3O3S. The predicted octanol–water partition coefficient (Wildman–Crippen LogP) is 3.86. The van der Waals surface area contributed by atoms with Crippen molar-refractivity contribution in [1.29, 1.82) is 0 Å². The van der Waals surface area contributed by atoms with Gasteiger partial charge in [0, 0.05) is 31.2 Å². The van der Waals surface area contributed by atoms with E-state index in [4.69, 9.17) is 23.2 Å². The molecule has 1 saturated heterocycles. The summed E-state index contributed by atoms with van der Waals surface area (Å²) in [7, 11) is -3.72. The normalized spacial score (nSPS) is 17.3. The Balaban J connectivity index is 1.65. The summed E-state index contributed by atoms with van der Waals surface area (Å²) in [4.78, 5) is 14.7. The maximum atomic E-state index is 13.1. The first-order valence-corrected chi connectivity index (χ1v) is 11.6. The van der Waals surface area contributed by atoms with Crippen LogP contribution >= 0.6 is 23.2 Å². The van der Waals surface area contributed by atoms with Crippen molar-refractivity contribution in [2.45, 2.75) is 24.3 Å². The van der Waals surface area contributed by atoms with Gasteiger partial charge in [-0.15, -0.1) is 0 Å². The van der Waals surface area contributed by atoms with Crippen molar-refractivity contribution in [2.75, 3.05) is 31.5 Å². The summed E-state index contributed by atoms with van der Waals surface area (Å²) in [5.41, 5.74) is 0.466. The molecule has 2 aromatic carbocycles. The Morgan fingerprint density at radius 1 is 1.07 bits per heavy atom. The molecule has 3 rings (SSSR count). The number of nitrogens with one attached hydrogen (secondary N) is 1. The minimum atomic E-state index is -3.72. The Bertz CT molecular complexity index is 1020. The van der Waals surface area contributed by atoms with Crippen LogP contribution in [0.3, 0.4) is 0 Å². The Labute approximate surface area is 185 Å². The average Bonchev–Trinajstić information content (AvgIpc) is 2.96. The fourth-order valence-corrected chi connectivity index (χ4v) is 5.22. The summed E-state index contributed by atoms with van der Waals surface area (Å²) in [6.45, 7) is 3.29. The number of halogens is 3. The highest BCUT2D eigenvalue weighted by Gasteiger charge is 2.30. The van der Waals surface area contributed by atoms with E-state index in [0.717, 1.165) is 12.1 Å². The SMILES string of the molecule is CC(C(=O)Nc1ccc(Cl)cc1Cl)N1CCCN(S(=O)(=O)c2ccc(F)cc2)CC1. The molecule has 1 amide bonds. The monoisotopic (exact) mass is 473 g/mol. The van der Waals surface area contributed by atoms with E-state index in [-0.39, 0.29) is 17.3 Å². The molecule has 0 spiro atoms. The van der Waals surface area contributed by atoms with Crippen LogP contribution in [0.1, 0.15) is 13.3 Å². The van der Waals surface area contributed by atoms with Gasteiger partial charge in [0.1, 0.15) is 5.82 Å². The number of benzene rings is 2. The maximum absolute atomic E-state index is 13.1. The third-order valence-electron chi connectivity index (χ3n) is 5.06. The van der Waals surface area contributed by atoms with Crippen LogP contribution in [0, 0.1) is 5.82 Å². The summed E-state index contributed by atoms with van der Waals surface area (Å²) >= 11 is 12.0. The largest absolute Gasteiger partial charge is 0.323 e. The molecule has 10 heteroatoms. The zero-order valence-electron chi connectivity index (χ0n) is 16.3. The second kappa shape index (κ2) is 9.62. The lowest BCUT2D eigenvalue weighted by Crippen LogP contribution is -2.44. The molecule has 1 heterocycles. The van der Waals surface area contributed by atoms with E-state index in [1.807, 2.05) is 4.90 Å². The van der Waals surface area contributed by atoms with Gasteiger partial charge < -0.3 is 5.32 Å². The van der Waals surface area contributed by atoms with Crippen molar-refractivity contribution < 1.29 is 17.6 Å². The first kappa shape index (κ1) is 23.0. The van der Waals surface area contributed by atoms with E-state index in [0.29, 0.717) is 41.8 Å². The highest BCUT2D eigenvalue weighted by molar-refractivity contribution is 7.89. The summed E-state index contributed by atoms with van der Waals surface area (Å²) in [5, 5.41) is 3.61. The Morgan fingerprint density at radius 3 is 2.43 bits per heavy atom. The molecular weight excluding hydrogens is 452 g/mol. The lowest BCUT2D eigenvalue weighted by Gasteiger charge is -2.27. The first-order valence-electron chi connectivity index (χ1n) is 9.44. The Morgan fingerprint density at radius 2 is 1.77 bits per heavy atom. The third kappa shape index (κ3) is 5.31. The van der Waals surface area contributed by atoms with Gasteiger partial charge in [0.15, 0.2) is 0 Å². The van der Waals surface area contributed by atoms with Crippen LogP contribution in [-0.2, 0) is 14.8 Å². The molecule has 1 fully saturated rings. The van der Waals surface area contributed by atoms with Gasteiger partial charge >= 0.3 is 0 Å². The smallest absolute Gasteiger partial charge is 0.243 e. The second-order valence-electron chi connectivity index (χ2n) is 7.04. The fraction of sp³-hybridized carbons (Fsp3) is 0.350.